The van der Waals surface area contributed by atoms with E-state index >= 15 is 0 Å². The van der Waals surface area contributed by atoms with Crippen LogP contribution in [-0.4, -0.2) is 48.9 Å². The molecule has 0 saturated carbocycles. The van der Waals surface area contributed by atoms with Gasteiger partial charge in [-0.3, -0.25) is 0 Å². The smallest absolute Gasteiger partial charge is 0.388 e. The lowest BCUT2D eigenvalue weighted by atomic mass is 10.2. The van der Waals surface area contributed by atoms with Crippen LogP contribution in [0, 0.1) is 0 Å². The second-order valence-corrected chi connectivity index (χ2v) is 17.4. The zero-order valence-electron chi connectivity index (χ0n) is 30.1. The zero-order chi connectivity index (χ0) is 45.9. The van der Waals surface area contributed by atoms with E-state index in [-0.39, 0.29) is 53.5 Å². The molecule has 328 valence electrons. The van der Waals surface area contributed by atoms with E-state index in [0.717, 1.165) is 30.7 Å². The van der Waals surface area contributed by atoms with Gasteiger partial charge in [-0.15, -0.1) is 0 Å². The molecule has 8 nitrogen and oxygen atoms in total. The number of nitrogens with two attached hydrogens (primary N) is 2. The maximum Gasteiger partial charge on any atom is 0.416 e. The number of thiocarbonyl (C=S) groups is 2. The van der Waals surface area contributed by atoms with Crippen molar-refractivity contribution in [3.63, 3.8) is 0 Å². The summed E-state index contributed by atoms with van der Waals surface area (Å²) >= 11 is 34.2. The predicted molar refractivity (Wildman–Crippen MR) is 233 cm³/mol. The highest BCUT2D eigenvalue weighted by Crippen LogP contribution is 2.43. The lowest BCUT2D eigenvalue weighted by Crippen LogP contribution is -2.12. The molecule has 0 aliphatic heterocycles. The van der Waals surface area contributed by atoms with Gasteiger partial charge in [-0.25, -0.2) is 18.1 Å². The number of alkyl halides is 6. The summed E-state index contributed by atoms with van der Waals surface area (Å²) in [6, 6.07) is 11.2. The van der Waals surface area contributed by atoms with Gasteiger partial charge < -0.3 is 20.6 Å². The van der Waals surface area contributed by atoms with E-state index in [9.17, 15) is 42.9 Å². The third-order valence-corrected chi connectivity index (χ3v) is 11.3. The zero-order valence-corrected chi connectivity index (χ0v) is 37.2. The fourth-order valence-electron chi connectivity index (χ4n) is 4.91. The van der Waals surface area contributed by atoms with Crippen LogP contribution < -0.4 is 11.5 Å². The first-order valence-corrected chi connectivity index (χ1v) is 21.3. The minimum atomic E-state index is -4.69. The molecule has 2 atom stereocenters. The van der Waals surface area contributed by atoms with Crippen molar-refractivity contribution >= 4 is 123 Å². The van der Waals surface area contributed by atoms with Crippen LogP contribution in [0.2, 0.25) is 20.1 Å². The Bertz CT molecular complexity index is 2590. The van der Waals surface area contributed by atoms with Gasteiger partial charge in [-0.1, -0.05) is 70.8 Å². The van der Waals surface area contributed by atoms with E-state index in [1.54, 1.807) is 47.3 Å². The Morgan fingerprint density at radius 2 is 1.03 bits per heavy atom. The van der Waals surface area contributed by atoms with Crippen LogP contribution in [0.5, 0.6) is 0 Å². The summed E-state index contributed by atoms with van der Waals surface area (Å²) in [4.78, 5) is -0.593. The van der Waals surface area contributed by atoms with Crippen molar-refractivity contribution in [3.8, 4) is 23.0 Å². The largest absolute Gasteiger partial charge is 0.416 e. The number of benzene rings is 2. The van der Waals surface area contributed by atoms with Gasteiger partial charge in [-0.05, 0) is 73.1 Å². The Morgan fingerprint density at radius 1 is 0.639 bits per heavy atom. The molecule has 6 aromatic rings. The van der Waals surface area contributed by atoms with Crippen molar-refractivity contribution in [3.05, 3.63) is 122 Å². The third kappa shape index (κ3) is 11.9. The first-order valence-electron chi connectivity index (χ1n) is 15.9. The maximum atomic E-state index is 14.9. The van der Waals surface area contributed by atoms with Crippen LogP contribution in [-0.2, 0) is 12.4 Å². The molecule has 6 rings (SSSR count). The van der Waals surface area contributed by atoms with Crippen molar-refractivity contribution in [1.29, 1.82) is 0 Å². The highest BCUT2D eigenvalue weighted by molar-refractivity contribution is 8.31. The predicted octanol–water partition coefficient (Wildman–Crippen LogP) is 13.3. The first kappa shape index (κ1) is 50.0. The SMILES string of the molecule is C/C(F)=S(/F)Cl.C/C(F)=S(\F)c1c(C(N)=S)nn(-c2c(Cl)cc(C(F)(F)F)cc2Cl)c1-n1cccc1.NC(=S)c1cc(-n2cccc2)n(-c2c(Cl)cc(C(F)(F)F)cc2Cl)n1. The number of rotatable bonds is 7. The monoisotopic (exact) mass is 1040 g/mol. The maximum absolute atomic E-state index is 14.9. The molecule has 0 saturated heterocycles. The number of aromatic nitrogens is 6. The Kier molecular flexibility index (Phi) is 16.6. The Morgan fingerprint density at radius 3 is 1.38 bits per heavy atom. The average Bonchev–Trinajstić information content (AvgIpc) is 3.97. The fourth-order valence-corrected chi connectivity index (χ4v) is 7.47. The molecule has 61 heavy (non-hydrogen) atoms. The van der Waals surface area contributed by atoms with Gasteiger partial charge in [0.1, 0.15) is 53.5 Å². The van der Waals surface area contributed by atoms with Gasteiger partial charge in [-0.2, -0.15) is 44.3 Å². The quantitative estimate of drug-likeness (QED) is 0.0939. The molecule has 27 heteroatoms. The topological polar surface area (TPSA) is 97.5 Å². The van der Waals surface area contributed by atoms with Gasteiger partial charge >= 0.3 is 12.4 Å². The standard InChI is InChI=1S/C17H11Cl2F5N4S2.C15H9Cl2F3N4S.C2H3ClF2S/c1-8(20)30(24)14-12(15(25)29)26-28(16(14)27-4-2-3-5-27)13-10(18)6-9(7-11(13)19)17(21,22)23;16-9-5-8(15(18,19)20)6-10(17)13(9)24-12(23-3-1-2-4-23)7-11(22-24)14(21)25;1-2(4)6(3)5/h2-7H,1H3,(H2,25,29);1-7H,(H2,21,25);1H3. The van der Waals surface area contributed by atoms with Crippen molar-refractivity contribution in [1.82, 2.24) is 28.7 Å². The molecule has 0 aliphatic rings. The van der Waals surface area contributed by atoms with Crippen LogP contribution in [0.4, 0.5) is 42.9 Å². The van der Waals surface area contributed by atoms with Crippen LogP contribution in [0.3, 0.4) is 0 Å². The molecule has 0 spiro atoms. The number of hydrogen-bond donors (Lipinski definition) is 2. The van der Waals surface area contributed by atoms with Crippen LogP contribution in [0.25, 0.3) is 23.0 Å². The van der Waals surface area contributed by atoms with Crippen molar-refractivity contribution in [2.24, 2.45) is 11.5 Å². The molecule has 0 radical (unpaired) electrons. The molecule has 0 bridgehead atoms. The van der Waals surface area contributed by atoms with Gasteiger partial charge in [0.2, 0.25) is 0 Å². The lowest BCUT2D eigenvalue weighted by Gasteiger charge is -2.15. The highest BCUT2D eigenvalue weighted by Gasteiger charge is 2.35. The minimum Gasteiger partial charge on any atom is -0.388 e. The van der Waals surface area contributed by atoms with Crippen molar-refractivity contribution in [2.75, 3.05) is 0 Å². The lowest BCUT2D eigenvalue weighted by molar-refractivity contribution is -0.138. The minimum absolute atomic E-state index is 0.0336. The van der Waals surface area contributed by atoms with E-state index in [1.165, 1.54) is 21.6 Å². The third-order valence-electron chi connectivity index (χ3n) is 7.46. The van der Waals surface area contributed by atoms with Crippen molar-refractivity contribution < 1.29 is 42.9 Å². The van der Waals surface area contributed by atoms with E-state index in [2.05, 4.69) is 20.9 Å². The van der Waals surface area contributed by atoms with Gasteiger partial charge in [0.15, 0.2) is 16.1 Å². The van der Waals surface area contributed by atoms with Crippen LogP contribution >= 0.6 is 102 Å². The fraction of sp³-hybridized carbons (Fsp3) is 0.118. The van der Waals surface area contributed by atoms with Crippen molar-refractivity contribution in [2.45, 2.75) is 31.1 Å². The summed E-state index contributed by atoms with van der Waals surface area (Å²) in [5.41, 5.74) is 9.21. The molecule has 4 N–H and O–H groups in total. The number of hydrogen-bond acceptors (Lipinski definition) is 4. The molecule has 4 heterocycles. The molecule has 0 aliphatic carbocycles. The van der Waals surface area contributed by atoms with E-state index < -0.39 is 64.7 Å². The Balaban J connectivity index is 0.000000240. The van der Waals surface area contributed by atoms with Crippen LogP contribution in [0.1, 0.15) is 36.4 Å². The summed E-state index contributed by atoms with van der Waals surface area (Å²) in [5.74, 6) is 0.408. The first-order chi connectivity index (χ1) is 28.3. The second kappa shape index (κ2) is 20.3. The summed E-state index contributed by atoms with van der Waals surface area (Å²) < 4.78 is 135. The summed E-state index contributed by atoms with van der Waals surface area (Å²) in [5, 5.41) is 5.19. The molecular weight excluding hydrogens is 1020 g/mol. The molecule has 0 fully saturated rings. The van der Waals surface area contributed by atoms with E-state index in [4.69, 9.17) is 82.3 Å². The molecule has 2 aromatic carbocycles. The average molecular weight is 1040 g/mol. The van der Waals surface area contributed by atoms with E-state index in [1.807, 2.05) is 0 Å². The second-order valence-electron chi connectivity index (χ2n) is 11.6. The summed E-state index contributed by atoms with van der Waals surface area (Å²) in [6.07, 6.45) is -2.82. The number of halogens is 15. The normalized spacial score (nSPS) is 13.1. The summed E-state index contributed by atoms with van der Waals surface area (Å²) in [7, 11) is -0.169. The van der Waals surface area contributed by atoms with Gasteiger partial charge in [0, 0.05) is 30.9 Å². The van der Waals surface area contributed by atoms with Crippen LogP contribution in [0.15, 0.2) is 84.3 Å². The highest BCUT2D eigenvalue weighted by atomic mass is 35.7. The molecule has 4 aromatic heterocycles. The molecular formula is C34H23Cl5F10N8S4. The Labute approximate surface area is 379 Å². The number of nitrogens with zero attached hydrogens (tertiary/aromatic N) is 6. The van der Waals surface area contributed by atoms with E-state index in [0.29, 0.717) is 18.0 Å². The summed E-state index contributed by atoms with van der Waals surface area (Å²) in [6.45, 7) is 1.93. The Hall–Kier alpha value is -3.61. The van der Waals surface area contributed by atoms with Gasteiger partial charge in [0.05, 0.1) is 42.1 Å². The van der Waals surface area contributed by atoms with Gasteiger partial charge in [0.25, 0.3) is 0 Å². The molecule has 2 unspecified atom stereocenters. The molecule has 0 amide bonds.